The van der Waals surface area contributed by atoms with Gasteiger partial charge in [0.25, 0.3) is 5.91 Å². The molecule has 0 unspecified atom stereocenters. The minimum atomic E-state index is -0.710. The zero-order valence-electron chi connectivity index (χ0n) is 25.6. The molecule has 1 atom stereocenters. The van der Waals surface area contributed by atoms with Crippen molar-refractivity contribution in [2.45, 2.75) is 76.7 Å². The summed E-state index contributed by atoms with van der Waals surface area (Å²) in [6, 6.07) is 11.9. The smallest absolute Gasteiger partial charge is 0.407 e. The van der Waals surface area contributed by atoms with Crippen LogP contribution in [0.15, 0.2) is 48.7 Å². The summed E-state index contributed by atoms with van der Waals surface area (Å²) in [5, 5.41) is 19.1. The number of alkyl carbamates (subject to hydrolysis) is 1. The largest absolute Gasteiger partial charge is 0.444 e. The maximum absolute atomic E-state index is 14.8. The van der Waals surface area contributed by atoms with E-state index in [0.29, 0.717) is 35.6 Å². The Morgan fingerprint density at radius 2 is 1.96 bits per heavy atom. The normalized spacial score (nSPS) is 17.9. The van der Waals surface area contributed by atoms with Crippen molar-refractivity contribution in [3.8, 4) is 21.6 Å². The molecule has 0 spiro atoms. The fourth-order valence-corrected chi connectivity index (χ4v) is 7.09. The van der Waals surface area contributed by atoms with Crippen LogP contribution in [-0.4, -0.2) is 62.1 Å². The Morgan fingerprint density at radius 1 is 1.18 bits per heavy atom. The van der Waals surface area contributed by atoms with Gasteiger partial charge in [-0.05, 0) is 88.3 Å². The molecule has 4 aromatic rings. The first-order valence-corrected chi connectivity index (χ1v) is 16.0. The maximum Gasteiger partial charge on any atom is 0.407 e. The molecule has 2 amide bonds. The van der Waals surface area contributed by atoms with Crippen LogP contribution in [0, 0.1) is 12.4 Å². The summed E-state index contributed by atoms with van der Waals surface area (Å²) in [5.41, 5.74) is 1.50. The number of aliphatic hydroxyl groups is 1. The third-order valence-electron chi connectivity index (χ3n) is 8.31. The zero-order valence-corrected chi connectivity index (χ0v) is 26.4. The number of fused-ring (bicyclic) bond motifs is 1. The number of thiophene rings is 1. The average molecular weight is 630 g/mol. The number of piperidine rings is 1. The Hall–Kier alpha value is -4.27. The lowest BCUT2D eigenvalue weighted by atomic mass is 9.80. The Kier molecular flexibility index (Phi) is 8.14. The lowest BCUT2D eigenvalue weighted by molar-refractivity contribution is -0.0496. The van der Waals surface area contributed by atoms with Crippen molar-refractivity contribution in [2.24, 2.45) is 0 Å². The van der Waals surface area contributed by atoms with Crippen LogP contribution in [0.4, 0.5) is 14.9 Å². The number of hydrogen-bond donors (Lipinski definition) is 2. The van der Waals surface area contributed by atoms with Crippen molar-refractivity contribution in [3.05, 3.63) is 70.8 Å². The molecule has 0 radical (unpaired) electrons. The first-order chi connectivity index (χ1) is 21.4. The molecule has 0 bridgehead atoms. The summed E-state index contributed by atoms with van der Waals surface area (Å²) in [6.45, 7) is 14.0. The number of nitrogens with zero attached hydrogens (tertiary/aromatic N) is 4. The van der Waals surface area contributed by atoms with Crippen LogP contribution in [0.1, 0.15) is 62.5 Å². The summed E-state index contributed by atoms with van der Waals surface area (Å²) in [4.78, 5) is 32.5. The van der Waals surface area contributed by atoms with Crippen LogP contribution in [0.5, 0.6) is 0 Å². The van der Waals surface area contributed by atoms with Gasteiger partial charge in [0.1, 0.15) is 11.4 Å². The number of aromatic nitrogens is 2. The van der Waals surface area contributed by atoms with Crippen LogP contribution in [-0.2, 0) is 11.3 Å². The Balaban J connectivity index is 1.31. The molecule has 2 aromatic carbocycles. The summed E-state index contributed by atoms with van der Waals surface area (Å²) in [5.74, 6) is -0.783. The van der Waals surface area contributed by atoms with Gasteiger partial charge < -0.3 is 20.1 Å². The average Bonchev–Trinajstić information content (AvgIpc) is 3.59. The SMILES string of the molecule is [C-]#[N+]c1ccc(-c2cc(C(=O)N3CCC[C@@H](NC(=O)OC(C)(C)C)C3)sc2-c2ccc3nn(CC4(O)CCC4)cc3c2)cc1F. The minimum Gasteiger partial charge on any atom is -0.444 e. The molecule has 1 saturated heterocycles. The number of likely N-dealkylation sites (tertiary alicyclic amines) is 1. The number of carbonyl (C=O) groups is 2. The molecule has 9 nitrogen and oxygen atoms in total. The van der Waals surface area contributed by atoms with Crippen molar-refractivity contribution in [3.63, 3.8) is 0 Å². The fraction of sp³-hybridized carbons (Fsp3) is 0.412. The summed E-state index contributed by atoms with van der Waals surface area (Å²) >= 11 is 1.33. The lowest BCUT2D eigenvalue weighted by Gasteiger charge is -2.36. The van der Waals surface area contributed by atoms with E-state index in [1.54, 1.807) is 42.5 Å². The molecule has 1 aliphatic heterocycles. The van der Waals surface area contributed by atoms with Crippen molar-refractivity contribution in [1.82, 2.24) is 20.0 Å². The number of hydrogen-bond acceptors (Lipinski definition) is 6. The van der Waals surface area contributed by atoms with Gasteiger partial charge >= 0.3 is 6.09 Å². The Bertz CT molecular complexity index is 1810. The first-order valence-electron chi connectivity index (χ1n) is 15.2. The number of amides is 2. The zero-order chi connectivity index (χ0) is 31.9. The first kappa shape index (κ1) is 30.7. The highest BCUT2D eigenvalue weighted by atomic mass is 32.1. The molecule has 2 aromatic heterocycles. The van der Waals surface area contributed by atoms with Crippen molar-refractivity contribution in [1.29, 1.82) is 0 Å². The summed E-state index contributed by atoms with van der Waals surface area (Å²) in [6.07, 6.45) is 5.43. The molecule has 1 aliphatic carbocycles. The van der Waals surface area contributed by atoms with E-state index in [-0.39, 0.29) is 17.6 Å². The predicted molar refractivity (Wildman–Crippen MR) is 172 cm³/mol. The lowest BCUT2D eigenvalue weighted by Crippen LogP contribution is -2.50. The van der Waals surface area contributed by atoms with Crippen LogP contribution in [0.25, 0.3) is 37.3 Å². The minimum absolute atomic E-state index is 0.0642. The summed E-state index contributed by atoms with van der Waals surface area (Å²) < 4.78 is 22.0. The van der Waals surface area contributed by atoms with E-state index in [2.05, 4.69) is 15.3 Å². The van der Waals surface area contributed by atoms with Crippen LogP contribution >= 0.6 is 11.3 Å². The maximum atomic E-state index is 14.8. The van der Waals surface area contributed by atoms with Gasteiger partial charge in [0.2, 0.25) is 5.69 Å². The van der Waals surface area contributed by atoms with E-state index in [1.165, 1.54) is 23.5 Å². The van der Waals surface area contributed by atoms with E-state index >= 15 is 0 Å². The number of nitrogens with one attached hydrogen (secondary N) is 1. The van der Waals surface area contributed by atoms with E-state index < -0.39 is 23.1 Å². The Labute approximate surface area is 265 Å². The van der Waals surface area contributed by atoms with Gasteiger partial charge in [0.05, 0.1) is 29.1 Å². The van der Waals surface area contributed by atoms with E-state index in [9.17, 15) is 19.1 Å². The molecule has 3 heterocycles. The van der Waals surface area contributed by atoms with Gasteiger partial charge in [-0.3, -0.25) is 9.48 Å². The fourth-order valence-electron chi connectivity index (χ4n) is 5.94. The van der Waals surface area contributed by atoms with Crippen LogP contribution in [0.2, 0.25) is 0 Å². The molecule has 2 fully saturated rings. The third-order valence-corrected chi connectivity index (χ3v) is 9.48. The van der Waals surface area contributed by atoms with Crippen molar-refractivity contribution >= 4 is 39.9 Å². The number of carbonyl (C=O) groups excluding carboxylic acids is 2. The molecule has 234 valence electrons. The Morgan fingerprint density at radius 3 is 2.64 bits per heavy atom. The third kappa shape index (κ3) is 6.72. The number of halogens is 1. The molecule has 6 rings (SSSR count). The summed E-state index contributed by atoms with van der Waals surface area (Å²) in [7, 11) is 0. The molecule has 2 N–H and O–H groups in total. The van der Waals surface area contributed by atoms with Gasteiger partial charge in [-0.2, -0.15) is 5.10 Å². The quantitative estimate of drug-likeness (QED) is 0.220. The second kappa shape index (κ2) is 11.9. The molecular formula is C34H36FN5O4S. The van der Waals surface area contributed by atoms with Gasteiger partial charge in [0.15, 0.2) is 0 Å². The highest BCUT2D eigenvalue weighted by Crippen LogP contribution is 2.42. The molecule has 11 heteroatoms. The number of benzene rings is 2. The van der Waals surface area contributed by atoms with Gasteiger partial charge in [-0.15, -0.1) is 11.3 Å². The van der Waals surface area contributed by atoms with E-state index in [1.807, 2.05) is 24.4 Å². The molecule has 1 saturated carbocycles. The van der Waals surface area contributed by atoms with E-state index in [4.69, 9.17) is 11.3 Å². The highest BCUT2D eigenvalue weighted by molar-refractivity contribution is 7.18. The second-order valence-electron chi connectivity index (χ2n) is 13.0. The van der Waals surface area contributed by atoms with Crippen molar-refractivity contribution in [2.75, 3.05) is 13.1 Å². The molecule has 2 aliphatic rings. The van der Waals surface area contributed by atoms with Crippen molar-refractivity contribution < 1.29 is 23.8 Å². The second-order valence-corrected chi connectivity index (χ2v) is 14.1. The monoisotopic (exact) mass is 629 g/mol. The standard InChI is InChI=1S/C34H36FN5O4S/c1-33(2,3)44-32(42)37-24-7-5-14-39(19-24)31(41)29-17-25(21-8-11-28(36-4)26(35)16-21)30(45-29)22-9-10-27-23(15-22)18-40(38-27)20-34(43)12-6-13-34/h8-11,15-18,24,43H,5-7,12-14,19-20H2,1-3H3,(H,37,42)/t24-/m1/s1. The molecular weight excluding hydrogens is 593 g/mol. The highest BCUT2D eigenvalue weighted by Gasteiger charge is 2.35. The van der Waals surface area contributed by atoms with Gasteiger partial charge in [-0.1, -0.05) is 18.2 Å². The van der Waals surface area contributed by atoms with E-state index in [0.717, 1.165) is 53.4 Å². The van der Waals surface area contributed by atoms with Gasteiger partial charge in [-0.25, -0.2) is 14.0 Å². The molecule has 45 heavy (non-hydrogen) atoms. The van der Waals surface area contributed by atoms with Gasteiger partial charge in [0, 0.05) is 41.2 Å². The number of ether oxygens (including phenoxy) is 1. The number of rotatable bonds is 6. The van der Waals surface area contributed by atoms with Crippen LogP contribution in [0.3, 0.4) is 0 Å². The predicted octanol–water partition coefficient (Wildman–Crippen LogP) is 7.17. The topological polar surface area (TPSA) is 101 Å². The van der Waals surface area contributed by atoms with Crippen LogP contribution < -0.4 is 5.32 Å².